The highest BCUT2D eigenvalue weighted by molar-refractivity contribution is 5.64. The topological polar surface area (TPSA) is 69.8 Å². The van der Waals surface area contributed by atoms with Gasteiger partial charge in [0, 0.05) is 38.3 Å². The van der Waals surface area contributed by atoms with Crippen molar-refractivity contribution in [3.8, 4) is 0 Å². The lowest BCUT2D eigenvalue weighted by Gasteiger charge is -2.37. The Labute approximate surface area is 125 Å². The number of aliphatic hydroxyl groups is 1. The molecule has 1 N–H and O–H groups in total. The first-order chi connectivity index (χ1) is 9.90. The van der Waals surface area contributed by atoms with Gasteiger partial charge in [0.15, 0.2) is 0 Å². The predicted molar refractivity (Wildman–Crippen MR) is 82.7 cm³/mol. The molecule has 1 aliphatic heterocycles. The van der Waals surface area contributed by atoms with E-state index in [4.69, 9.17) is 0 Å². The van der Waals surface area contributed by atoms with Crippen LogP contribution < -0.4 is 4.90 Å². The van der Waals surface area contributed by atoms with Crippen molar-refractivity contribution in [2.75, 3.05) is 31.1 Å². The Hall–Kier alpha value is -1.66. The fraction of sp³-hybridized carbons (Fsp3) is 0.600. The number of rotatable bonds is 4. The molecule has 6 nitrogen and oxygen atoms in total. The molecule has 1 heterocycles. The molecule has 0 aromatic heterocycles. The van der Waals surface area contributed by atoms with E-state index in [0.29, 0.717) is 17.3 Å². The number of hydrogen-bond donors (Lipinski definition) is 1. The zero-order chi connectivity index (χ0) is 15.6. The van der Waals surface area contributed by atoms with E-state index in [1.165, 1.54) is 6.07 Å². The highest BCUT2D eigenvalue weighted by Gasteiger charge is 2.25. The third-order valence-corrected chi connectivity index (χ3v) is 4.06. The zero-order valence-electron chi connectivity index (χ0n) is 12.8. The molecule has 0 spiro atoms. The summed E-state index contributed by atoms with van der Waals surface area (Å²) in [5.74, 6) is 0. The van der Waals surface area contributed by atoms with E-state index < -0.39 is 6.10 Å². The summed E-state index contributed by atoms with van der Waals surface area (Å²) in [6.07, 6.45) is -0.699. The molecule has 1 aromatic carbocycles. The Balaban J connectivity index is 2.22. The van der Waals surface area contributed by atoms with E-state index >= 15 is 0 Å². The Morgan fingerprint density at radius 1 is 1.19 bits per heavy atom. The molecule has 1 fully saturated rings. The van der Waals surface area contributed by atoms with Gasteiger partial charge in [-0.2, -0.15) is 0 Å². The Kier molecular flexibility index (Phi) is 4.80. The van der Waals surface area contributed by atoms with Gasteiger partial charge < -0.3 is 10.0 Å². The number of nitrogens with zero attached hydrogens (tertiary/aromatic N) is 3. The van der Waals surface area contributed by atoms with Gasteiger partial charge in [-0.3, -0.25) is 15.0 Å². The van der Waals surface area contributed by atoms with Crippen LogP contribution >= 0.6 is 0 Å². The fourth-order valence-electron chi connectivity index (χ4n) is 2.69. The highest BCUT2D eigenvalue weighted by atomic mass is 16.6. The van der Waals surface area contributed by atoms with Crippen LogP contribution in [0.3, 0.4) is 0 Å². The summed E-state index contributed by atoms with van der Waals surface area (Å²) in [6.45, 7) is 9.32. The zero-order valence-corrected chi connectivity index (χ0v) is 12.8. The number of hydrogen-bond acceptors (Lipinski definition) is 5. The van der Waals surface area contributed by atoms with Crippen molar-refractivity contribution in [2.24, 2.45) is 0 Å². The summed E-state index contributed by atoms with van der Waals surface area (Å²) in [5, 5.41) is 20.9. The lowest BCUT2D eigenvalue weighted by atomic mass is 10.1. The van der Waals surface area contributed by atoms with Crippen LogP contribution in [0, 0.1) is 10.1 Å². The second kappa shape index (κ2) is 6.41. The van der Waals surface area contributed by atoms with Crippen LogP contribution in [-0.4, -0.2) is 47.2 Å². The first kappa shape index (κ1) is 15.7. The minimum Gasteiger partial charge on any atom is -0.389 e. The van der Waals surface area contributed by atoms with Crippen molar-refractivity contribution < 1.29 is 10.0 Å². The van der Waals surface area contributed by atoms with E-state index in [-0.39, 0.29) is 10.6 Å². The van der Waals surface area contributed by atoms with Crippen LogP contribution in [0.25, 0.3) is 0 Å². The molecule has 1 aromatic rings. The second-order valence-electron chi connectivity index (χ2n) is 5.80. The smallest absolute Gasteiger partial charge is 0.292 e. The van der Waals surface area contributed by atoms with Gasteiger partial charge in [0.2, 0.25) is 0 Å². The number of aliphatic hydroxyl groups excluding tert-OH is 1. The summed E-state index contributed by atoms with van der Waals surface area (Å²) in [4.78, 5) is 15.4. The quantitative estimate of drug-likeness (QED) is 0.680. The average molecular weight is 293 g/mol. The van der Waals surface area contributed by atoms with Crippen molar-refractivity contribution >= 4 is 11.4 Å². The number of anilines is 1. The molecule has 1 atom stereocenters. The summed E-state index contributed by atoms with van der Waals surface area (Å²) < 4.78 is 0. The highest BCUT2D eigenvalue weighted by Crippen LogP contribution is 2.31. The summed E-state index contributed by atoms with van der Waals surface area (Å²) >= 11 is 0. The molecule has 1 saturated heterocycles. The number of piperazine rings is 1. The maximum absolute atomic E-state index is 11.3. The van der Waals surface area contributed by atoms with Gasteiger partial charge in [-0.05, 0) is 32.4 Å². The summed E-state index contributed by atoms with van der Waals surface area (Å²) in [7, 11) is 0. The molecule has 0 saturated carbocycles. The average Bonchev–Trinajstić information content (AvgIpc) is 2.46. The molecule has 1 aliphatic rings. The van der Waals surface area contributed by atoms with Crippen LogP contribution in [0.2, 0.25) is 0 Å². The lowest BCUT2D eigenvalue weighted by molar-refractivity contribution is -0.384. The number of benzene rings is 1. The SMILES string of the molecule is CC(O)c1ccc(N2CCN(C(C)C)CC2)c([N+](=O)[O-])c1. The number of nitro groups is 1. The molecule has 1 unspecified atom stereocenters. The molecule has 0 bridgehead atoms. The first-order valence-electron chi connectivity index (χ1n) is 7.35. The molecule has 0 amide bonds. The number of nitro benzene ring substituents is 1. The standard InChI is InChI=1S/C15H23N3O3/c1-11(2)16-6-8-17(9-7-16)14-5-4-13(12(3)19)10-15(14)18(20)21/h4-5,10-12,19H,6-9H2,1-3H3. The lowest BCUT2D eigenvalue weighted by Crippen LogP contribution is -2.49. The summed E-state index contributed by atoms with van der Waals surface area (Å²) in [5.41, 5.74) is 1.30. The van der Waals surface area contributed by atoms with Crippen molar-refractivity contribution in [3.05, 3.63) is 33.9 Å². The van der Waals surface area contributed by atoms with Gasteiger partial charge in [0.25, 0.3) is 5.69 Å². The van der Waals surface area contributed by atoms with Crippen molar-refractivity contribution in [1.82, 2.24) is 4.90 Å². The monoisotopic (exact) mass is 293 g/mol. The maximum atomic E-state index is 11.3. The van der Waals surface area contributed by atoms with Crippen LogP contribution in [0.15, 0.2) is 18.2 Å². The van der Waals surface area contributed by atoms with Crippen molar-refractivity contribution in [1.29, 1.82) is 0 Å². The molecular weight excluding hydrogens is 270 g/mol. The van der Waals surface area contributed by atoms with Gasteiger partial charge in [-0.1, -0.05) is 6.07 Å². The van der Waals surface area contributed by atoms with Gasteiger partial charge >= 0.3 is 0 Å². The second-order valence-corrected chi connectivity index (χ2v) is 5.80. The normalized spacial score (nSPS) is 18.0. The summed E-state index contributed by atoms with van der Waals surface area (Å²) in [6, 6.07) is 5.50. The largest absolute Gasteiger partial charge is 0.389 e. The van der Waals surface area contributed by atoms with Gasteiger partial charge in [0.05, 0.1) is 11.0 Å². The van der Waals surface area contributed by atoms with Crippen LogP contribution in [0.5, 0.6) is 0 Å². The molecular formula is C15H23N3O3. The Morgan fingerprint density at radius 3 is 2.29 bits per heavy atom. The fourth-order valence-corrected chi connectivity index (χ4v) is 2.69. The van der Waals surface area contributed by atoms with E-state index in [9.17, 15) is 15.2 Å². The minimum absolute atomic E-state index is 0.0754. The van der Waals surface area contributed by atoms with Crippen molar-refractivity contribution in [2.45, 2.75) is 32.9 Å². The molecule has 0 aliphatic carbocycles. The van der Waals surface area contributed by atoms with Gasteiger partial charge in [0.1, 0.15) is 5.69 Å². The molecule has 21 heavy (non-hydrogen) atoms. The van der Waals surface area contributed by atoms with E-state index in [2.05, 4.69) is 23.6 Å². The third-order valence-electron chi connectivity index (χ3n) is 4.06. The predicted octanol–water partition coefficient (Wildman–Crippen LogP) is 2.18. The van der Waals surface area contributed by atoms with Gasteiger partial charge in [-0.25, -0.2) is 0 Å². The van der Waals surface area contributed by atoms with Crippen LogP contribution in [0.1, 0.15) is 32.4 Å². The molecule has 6 heteroatoms. The van der Waals surface area contributed by atoms with E-state index in [1.54, 1.807) is 19.1 Å². The van der Waals surface area contributed by atoms with E-state index in [1.807, 2.05) is 0 Å². The van der Waals surface area contributed by atoms with Crippen LogP contribution in [0.4, 0.5) is 11.4 Å². The van der Waals surface area contributed by atoms with Gasteiger partial charge in [-0.15, -0.1) is 0 Å². The minimum atomic E-state index is -0.699. The third kappa shape index (κ3) is 3.51. The van der Waals surface area contributed by atoms with Crippen LogP contribution in [-0.2, 0) is 0 Å². The molecule has 2 rings (SSSR count). The first-order valence-corrected chi connectivity index (χ1v) is 7.35. The Morgan fingerprint density at radius 2 is 1.81 bits per heavy atom. The molecule has 0 radical (unpaired) electrons. The van der Waals surface area contributed by atoms with Crippen molar-refractivity contribution in [3.63, 3.8) is 0 Å². The van der Waals surface area contributed by atoms with E-state index in [0.717, 1.165) is 26.2 Å². The molecule has 116 valence electrons. The Bertz CT molecular complexity index is 509. The maximum Gasteiger partial charge on any atom is 0.292 e.